The van der Waals surface area contributed by atoms with Crippen LogP contribution in [0.5, 0.6) is 0 Å². The van der Waals surface area contributed by atoms with Crippen molar-refractivity contribution in [3.8, 4) is 0 Å². The van der Waals surface area contributed by atoms with Crippen molar-refractivity contribution in [1.29, 1.82) is 0 Å². The number of carbonyl (C=O) groups excluding carboxylic acids is 5. The fraction of sp³-hybridized carbons (Fsp3) is 0.421. The second-order valence-corrected chi connectivity index (χ2v) is 6.79. The third-order valence-electron chi connectivity index (χ3n) is 4.16. The van der Waals surface area contributed by atoms with Crippen LogP contribution < -0.4 is 21.5 Å². The van der Waals surface area contributed by atoms with Crippen LogP contribution in [0.3, 0.4) is 0 Å². The second-order valence-electron chi connectivity index (χ2n) is 6.79. The van der Waals surface area contributed by atoms with Gasteiger partial charge in [0, 0.05) is 43.8 Å². The zero-order chi connectivity index (χ0) is 21.4. The average molecular weight is 403 g/mol. The summed E-state index contributed by atoms with van der Waals surface area (Å²) < 4.78 is 0. The molecule has 10 heteroatoms. The summed E-state index contributed by atoms with van der Waals surface area (Å²) in [6, 6.07) is 4.32. The van der Waals surface area contributed by atoms with Crippen LogP contribution in [0.15, 0.2) is 18.2 Å². The molecule has 1 aliphatic rings. The molecule has 0 radical (unpaired) electrons. The van der Waals surface area contributed by atoms with E-state index in [-0.39, 0.29) is 29.8 Å². The third kappa shape index (κ3) is 7.24. The number of nitrogens with one attached hydrogen (secondary N) is 4. The summed E-state index contributed by atoms with van der Waals surface area (Å²) in [6.07, 6.45) is 3.02. The summed E-state index contributed by atoms with van der Waals surface area (Å²) >= 11 is 0. The molecule has 1 aromatic rings. The van der Waals surface area contributed by atoms with Crippen molar-refractivity contribution in [2.45, 2.75) is 39.5 Å². The van der Waals surface area contributed by atoms with Gasteiger partial charge in [-0.1, -0.05) is 6.42 Å². The summed E-state index contributed by atoms with van der Waals surface area (Å²) in [5.74, 6) is -1.92. The summed E-state index contributed by atoms with van der Waals surface area (Å²) in [6.45, 7) is 3.01. The number of amides is 5. The van der Waals surface area contributed by atoms with Gasteiger partial charge in [-0.15, -0.1) is 0 Å². The van der Waals surface area contributed by atoms with Gasteiger partial charge in [0.1, 0.15) is 6.54 Å². The molecule has 0 aromatic heterocycles. The van der Waals surface area contributed by atoms with E-state index in [2.05, 4.69) is 21.5 Å². The van der Waals surface area contributed by atoms with E-state index in [1.807, 2.05) is 0 Å². The van der Waals surface area contributed by atoms with Gasteiger partial charge in [-0.25, -0.2) is 0 Å². The molecule has 29 heavy (non-hydrogen) atoms. The summed E-state index contributed by atoms with van der Waals surface area (Å²) in [7, 11) is 0. The maximum atomic E-state index is 12.4. The number of hydrogen-bond donors (Lipinski definition) is 4. The number of nitrogens with zero attached hydrogens (tertiary/aromatic N) is 1. The van der Waals surface area contributed by atoms with Crippen LogP contribution >= 0.6 is 0 Å². The molecule has 5 amide bonds. The molecule has 1 saturated heterocycles. The van der Waals surface area contributed by atoms with Crippen molar-refractivity contribution >= 4 is 40.9 Å². The standard InChI is InChI=1S/C19H25N5O5/c1-12(25)20-15-8-14(9-16(10-15)21-13(2)26)19(29)23-22-17(27)11-24-7-5-3-4-6-18(24)28/h8-10H,3-7,11H2,1-2H3,(H,20,25)(H,21,26)(H,22,27)(H,23,29). The summed E-state index contributed by atoms with van der Waals surface area (Å²) in [4.78, 5) is 60.5. The van der Waals surface area contributed by atoms with E-state index in [1.165, 1.54) is 36.9 Å². The molecule has 0 spiro atoms. The minimum absolute atomic E-state index is 0.0769. The van der Waals surface area contributed by atoms with Crippen molar-refractivity contribution in [2.24, 2.45) is 0 Å². The van der Waals surface area contributed by atoms with Crippen LogP contribution in [-0.2, 0) is 19.2 Å². The molecular weight excluding hydrogens is 378 g/mol. The van der Waals surface area contributed by atoms with Gasteiger partial charge in [0.05, 0.1) is 0 Å². The lowest BCUT2D eigenvalue weighted by atomic mass is 10.1. The van der Waals surface area contributed by atoms with Crippen LogP contribution in [0.25, 0.3) is 0 Å². The summed E-state index contributed by atoms with van der Waals surface area (Å²) in [5, 5.41) is 5.08. The molecule has 1 aromatic carbocycles. The van der Waals surface area contributed by atoms with Crippen LogP contribution in [0, 0.1) is 0 Å². The average Bonchev–Trinajstić information content (AvgIpc) is 2.82. The van der Waals surface area contributed by atoms with E-state index in [4.69, 9.17) is 0 Å². The highest BCUT2D eigenvalue weighted by molar-refractivity contribution is 6.00. The van der Waals surface area contributed by atoms with Gasteiger partial charge in [0.15, 0.2) is 0 Å². The van der Waals surface area contributed by atoms with E-state index in [9.17, 15) is 24.0 Å². The number of rotatable bonds is 5. The van der Waals surface area contributed by atoms with E-state index >= 15 is 0 Å². The number of benzene rings is 1. The molecule has 1 fully saturated rings. The molecule has 1 heterocycles. The Morgan fingerprint density at radius 1 is 0.897 bits per heavy atom. The monoisotopic (exact) mass is 403 g/mol. The smallest absolute Gasteiger partial charge is 0.269 e. The number of anilines is 2. The van der Waals surface area contributed by atoms with Crippen molar-refractivity contribution in [1.82, 2.24) is 15.8 Å². The van der Waals surface area contributed by atoms with E-state index in [0.717, 1.165) is 19.3 Å². The predicted molar refractivity (Wildman–Crippen MR) is 106 cm³/mol. The van der Waals surface area contributed by atoms with Crippen molar-refractivity contribution in [3.63, 3.8) is 0 Å². The Kier molecular flexibility index (Phi) is 7.70. The highest BCUT2D eigenvalue weighted by Gasteiger charge is 2.19. The Morgan fingerprint density at radius 2 is 1.52 bits per heavy atom. The van der Waals surface area contributed by atoms with Gasteiger partial charge < -0.3 is 15.5 Å². The number of likely N-dealkylation sites (tertiary alicyclic amines) is 1. The van der Waals surface area contributed by atoms with Crippen LogP contribution in [0.4, 0.5) is 11.4 Å². The zero-order valence-corrected chi connectivity index (χ0v) is 16.5. The van der Waals surface area contributed by atoms with Gasteiger partial charge in [-0.3, -0.25) is 34.8 Å². The van der Waals surface area contributed by atoms with Gasteiger partial charge in [-0.2, -0.15) is 0 Å². The van der Waals surface area contributed by atoms with E-state index in [0.29, 0.717) is 24.3 Å². The maximum Gasteiger partial charge on any atom is 0.269 e. The molecule has 0 saturated carbocycles. The van der Waals surface area contributed by atoms with Crippen molar-refractivity contribution < 1.29 is 24.0 Å². The molecule has 156 valence electrons. The van der Waals surface area contributed by atoms with Gasteiger partial charge in [0.2, 0.25) is 17.7 Å². The van der Waals surface area contributed by atoms with Crippen LogP contribution in [-0.4, -0.2) is 47.5 Å². The first kappa shape index (κ1) is 21.9. The first-order valence-corrected chi connectivity index (χ1v) is 9.32. The SMILES string of the molecule is CC(=O)Nc1cc(NC(C)=O)cc(C(=O)NNC(=O)CN2CCCCCC2=O)c1. The van der Waals surface area contributed by atoms with Crippen molar-refractivity contribution in [3.05, 3.63) is 23.8 Å². The van der Waals surface area contributed by atoms with E-state index in [1.54, 1.807) is 0 Å². The Morgan fingerprint density at radius 3 is 2.10 bits per heavy atom. The fourth-order valence-corrected chi connectivity index (χ4v) is 2.93. The first-order valence-electron chi connectivity index (χ1n) is 9.32. The highest BCUT2D eigenvalue weighted by atomic mass is 16.2. The van der Waals surface area contributed by atoms with E-state index < -0.39 is 11.8 Å². The fourth-order valence-electron chi connectivity index (χ4n) is 2.93. The highest BCUT2D eigenvalue weighted by Crippen LogP contribution is 2.19. The number of carbonyl (C=O) groups is 5. The lowest BCUT2D eigenvalue weighted by molar-refractivity contribution is -0.135. The first-order chi connectivity index (χ1) is 13.7. The maximum absolute atomic E-state index is 12.4. The van der Waals surface area contributed by atoms with Crippen LogP contribution in [0.2, 0.25) is 0 Å². The molecule has 0 bridgehead atoms. The molecule has 4 N–H and O–H groups in total. The molecule has 0 unspecified atom stereocenters. The Balaban J connectivity index is 2.01. The van der Waals surface area contributed by atoms with Gasteiger partial charge in [0.25, 0.3) is 11.8 Å². The predicted octanol–water partition coefficient (Wildman–Crippen LogP) is 0.767. The second kappa shape index (κ2) is 10.2. The Bertz CT molecular complexity index is 789. The lowest BCUT2D eigenvalue weighted by Crippen LogP contribution is -2.47. The van der Waals surface area contributed by atoms with Gasteiger partial charge in [-0.05, 0) is 31.0 Å². The quantitative estimate of drug-likeness (QED) is 0.538. The minimum atomic E-state index is -0.639. The molecule has 0 atom stereocenters. The lowest BCUT2D eigenvalue weighted by Gasteiger charge is -2.20. The zero-order valence-electron chi connectivity index (χ0n) is 16.5. The normalized spacial score (nSPS) is 13.9. The largest absolute Gasteiger partial charge is 0.333 e. The third-order valence-corrected chi connectivity index (χ3v) is 4.16. The molecule has 2 rings (SSSR count). The Hall–Kier alpha value is -3.43. The van der Waals surface area contributed by atoms with Gasteiger partial charge >= 0.3 is 0 Å². The minimum Gasteiger partial charge on any atom is -0.333 e. The topological polar surface area (TPSA) is 137 Å². The molecule has 1 aliphatic heterocycles. The van der Waals surface area contributed by atoms with Crippen molar-refractivity contribution in [2.75, 3.05) is 23.7 Å². The molecule has 0 aliphatic carbocycles. The Labute approximate surface area is 168 Å². The number of hydrazine groups is 1. The molecule has 10 nitrogen and oxygen atoms in total. The summed E-state index contributed by atoms with van der Waals surface area (Å²) in [5.41, 5.74) is 5.31. The number of hydrogen-bond acceptors (Lipinski definition) is 5. The van der Waals surface area contributed by atoms with Crippen LogP contribution in [0.1, 0.15) is 49.9 Å². The molecular formula is C19H25N5O5.